The lowest BCUT2D eigenvalue weighted by molar-refractivity contribution is -0.137. The van der Waals surface area contributed by atoms with E-state index in [1.165, 1.54) is 11.6 Å². The molecule has 0 saturated carbocycles. The van der Waals surface area contributed by atoms with Crippen LogP contribution in [0.4, 0.5) is 34.0 Å². The second-order valence-corrected chi connectivity index (χ2v) is 10.2. The Labute approximate surface area is 223 Å². The van der Waals surface area contributed by atoms with Gasteiger partial charge in [-0.15, -0.1) is 5.10 Å². The van der Waals surface area contributed by atoms with Gasteiger partial charge in [-0.25, -0.2) is 9.18 Å². The van der Waals surface area contributed by atoms with E-state index in [2.05, 4.69) is 26.7 Å². The number of aryl methyl sites for hydroxylation is 1. The van der Waals surface area contributed by atoms with E-state index in [1.807, 2.05) is 6.07 Å². The number of nitrogens with one attached hydrogen (secondary N) is 1. The van der Waals surface area contributed by atoms with Gasteiger partial charge >= 0.3 is 12.3 Å². The topological polar surface area (TPSA) is 87.2 Å². The zero-order chi connectivity index (χ0) is 27.7. The van der Waals surface area contributed by atoms with Gasteiger partial charge in [0.1, 0.15) is 6.67 Å². The summed E-state index contributed by atoms with van der Waals surface area (Å²) in [6, 6.07) is 6.94. The predicted molar refractivity (Wildman–Crippen MR) is 136 cm³/mol. The van der Waals surface area contributed by atoms with Gasteiger partial charge in [-0.3, -0.25) is 4.90 Å². The van der Waals surface area contributed by atoms with Crippen molar-refractivity contribution in [1.82, 2.24) is 20.6 Å². The van der Waals surface area contributed by atoms with Crippen molar-refractivity contribution < 1.29 is 27.1 Å². The van der Waals surface area contributed by atoms with Gasteiger partial charge in [0, 0.05) is 13.1 Å². The van der Waals surface area contributed by atoms with Crippen LogP contribution in [0.25, 0.3) is 0 Å². The Balaban J connectivity index is 1.61. The van der Waals surface area contributed by atoms with E-state index in [0.29, 0.717) is 19.4 Å². The van der Waals surface area contributed by atoms with E-state index in [-0.39, 0.29) is 35.8 Å². The fraction of sp³-hybridized carbons (Fsp3) is 0.481. The lowest BCUT2D eigenvalue weighted by Gasteiger charge is -2.33. The van der Waals surface area contributed by atoms with Crippen LogP contribution < -0.4 is 9.80 Å². The monoisotopic (exact) mass is 546 g/mol. The van der Waals surface area contributed by atoms with E-state index in [4.69, 9.17) is 4.74 Å². The Morgan fingerprint density at radius 3 is 2.67 bits per heavy atom. The first kappa shape index (κ1) is 26.9. The molecule has 0 saturated heterocycles. The molecule has 8 nitrogen and oxygen atoms in total. The number of rotatable bonds is 6. The highest BCUT2D eigenvalue weighted by molar-refractivity contribution is 5.91. The molecular formula is C27H30F4N6O2. The summed E-state index contributed by atoms with van der Waals surface area (Å²) >= 11 is 0. The minimum Gasteiger partial charge on any atom is -0.446 e. The zero-order valence-corrected chi connectivity index (χ0v) is 21.8. The van der Waals surface area contributed by atoms with Gasteiger partial charge in [-0.2, -0.15) is 18.4 Å². The number of carbonyl (C=O) groups is 1. The number of alkyl halides is 4. The molecule has 1 N–H and O–H groups in total. The van der Waals surface area contributed by atoms with Crippen molar-refractivity contribution in [2.24, 2.45) is 0 Å². The summed E-state index contributed by atoms with van der Waals surface area (Å²) in [5, 5.41) is 14.4. The van der Waals surface area contributed by atoms with Gasteiger partial charge in [0.15, 0.2) is 0 Å². The second-order valence-electron chi connectivity index (χ2n) is 10.2. The molecule has 3 aromatic rings. The highest BCUT2D eigenvalue weighted by Crippen LogP contribution is 2.44. The summed E-state index contributed by atoms with van der Waals surface area (Å²) in [7, 11) is 0. The molecule has 1 amide bonds. The van der Waals surface area contributed by atoms with E-state index in [9.17, 15) is 22.4 Å². The molecule has 0 spiro atoms. The van der Waals surface area contributed by atoms with Crippen molar-refractivity contribution >= 4 is 17.7 Å². The molecule has 1 aromatic heterocycles. The summed E-state index contributed by atoms with van der Waals surface area (Å²) in [6.45, 7) is 2.99. The van der Waals surface area contributed by atoms with E-state index >= 15 is 0 Å². The summed E-state index contributed by atoms with van der Waals surface area (Å²) in [5.74, 6) is 0.198. The zero-order valence-electron chi connectivity index (χ0n) is 21.8. The van der Waals surface area contributed by atoms with Crippen molar-refractivity contribution in [1.29, 1.82) is 0 Å². The molecule has 1 aliphatic carbocycles. The number of H-pyrrole nitrogens is 1. The van der Waals surface area contributed by atoms with Crippen LogP contribution in [0.15, 0.2) is 30.3 Å². The molecule has 1 aliphatic heterocycles. The first-order valence-corrected chi connectivity index (χ1v) is 13.0. The van der Waals surface area contributed by atoms with Crippen molar-refractivity contribution in [3.05, 3.63) is 63.7 Å². The van der Waals surface area contributed by atoms with Crippen LogP contribution in [0.5, 0.6) is 0 Å². The van der Waals surface area contributed by atoms with Crippen LogP contribution in [-0.2, 0) is 37.0 Å². The van der Waals surface area contributed by atoms with E-state index in [0.717, 1.165) is 48.2 Å². The molecule has 0 radical (unpaired) electrons. The molecule has 0 unspecified atom stereocenters. The number of tetrazole rings is 1. The van der Waals surface area contributed by atoms with Gasteiger partial charge in [0.05, 0.1) is 23.4 Å². The lowest BCUT2D eigenvalue weighted by atomic mass is 9.94. The largest absolute Gasteiger partial charge is 0.446 e. The molecule has 0 fully saturated rings. The van der Waals surface area contributed by atoms with Crippen molar-refractivity contribution in [2.75, 3.05) is 16.3 Å². The number of halogens is 4. The number of ether oxygens (including phenoxy) is 1. The smallest absolute Gasteiger partial charge is 0.416 e. The number of aromatic nitrogens is 4. The van der Waals surface area contributed by atoms with E-state index < -0.39 is 24.5 Å². The minimum absolute atomic E-state index is 0.0198. The first-order chi connectivity index (χ1) is 18.7. The molecule has 208 valence electrons. The van der Waals surface area contributed by atoms with Gasteiger partial charge < -0.3 is 9.64 Å². The third kappa shape index (κ3) is 5.55. The fourth-order valence-corrected chi connectivity index (χ4v) is 5.62. The summed E-state index contributed by atoms with van der Waals surface area (Å²) in [4.78, 5) is 16.7. The summed E-state index contributed by atoms with van der Waals surface area (Å²) < 4.78 is 60.0. The number of fused-ring (bicyclic) bond motifs is 3. The third-order valence-corrected chi connectivity index (χ3v) is 7.18. The number of nitrogens with zero attached hydrogens (tertiary/aromatic N) is 5. The molecule has 1 atom stereocenters. The Kier molecular flexibility index (Phi) is 7.46. The predicted octanol–water partition coefficient (Wildman–Crippen LogP) is 6.07. The lowest BCUT2D eigenvalue weighted by Crippen LogP contribution is -2.35. The molecule has 2 aliphatic rings. The van der Waals surface area contributed by atoms with Gasteiger partial charge in [-0.1, -0.05) is 23.3 Å². The number of hydrogen-bond donors (Lipinski definition) is 1. The van der Waals surface area contributed by atoms with Gasteiger partial charge in [-0.05, 0) is 91.1 Å². The maximum atomic E-state index is 13.6. The Bertz CT molecular complexity index is 1330. The van der Waals surface area contributed by atoms with Gasteiger partial charge in [0.25, 0.3) is 5.95 Å². The van der Waals surface area contributed by atoms with Crippen molar-refractivity contribution in [2.45, 2.75) is 77.5 Å². The first-order valence-electron chi connectivity index (χ1n) is 13.0. The SMILES string of the molecule is CC(C)OC(=O)N1CCC[C@H](N(Cc2cc(CF)cc(C(F)(F)F)c2)c2nn[nH]n2)c2ccc3c(c21)CCC3. The van der Waals surface area contributed by atoms with Crippen LogP contribution in [0.3, 0.4) is 0 Å². The highest BCUT2D eigenvalue weighted by Gasteiger charge is 2.36. The standard InChI is InChI=1S/C27H30F4N6O2/c1-16(2)39-26(38)36-10-4-7-23(22-9-8-19-5-3-6-21(19)24(22)36)37(25-32-34-35-33-25)15-18-11-17(14-28)12-20(13-18)27(29,30)31/h8-9,11-13,16,23H,3-7,10,14-15H2,1-2H3,(H,32,33,34,35)/t23-/m0/s1. The highest BCUT2D eigenvalue weighted by atomic mass is 19.4. The number of aromatic amines is 1. The van der Waals surface area contributed by atoms with Crippen LogP contribution in [0.2, 0.25) is 0 Å². The second kappa shape index (κ2) is 10.8. The molecule has 39 heavy (non-hydrogen) atoms. The van der Waals surface area contributed by atoms with E-state index in [1.54, 1.807) is 23.6 Å². The molecule has 2 aromatic carbocycles. The average Bonchev–Trinajstić information content (AvgIpc) is 3.55. The number of benzene rings is 2. The Morgan fingerprint density at radius 1 is 1.18 bits per heavy atom. The number of anilines is 2. The van der Waals surface area contributed by atoms with Crippen LogP contribution >= 0.6 is 0 Å². The number of carbonyl (C=O) groups excluding carboxylic acids is 1. The third-order valence-electron chi connectivity index (χ3n) is 7.18. The van der Waals surface area contributed by atoms with Gasteiger partial charge in [0.2, 0.25) is 0 Å². The van der Waals surface area contributed by atoms with Crippen molar-refractivity contribution in [3.63, 3.8) is 0 Å². The molecule has 12 heteroatoms. The van der Waals surface area contributed by atoms with Crippen LogP contribution in [-0.4, -0.2) is 39.4 Å². The maximum absolute atomic E-state index is 13.6. The molecule has 0 bridgehead atoms. The Hall–Kier alpha value is -3.70. The number of hydrogen-bond acceptors (Lipinski definition) is 6. The molecule has 5 rings (SSSR count). The summed E-state index contributed by atoms with van der Waals surface area (Å²) in [6.07, 6.45) is -1.48. The average molecular weight is 547 g/mol. The quantitative estimate of drug-likeness (QED) is 0.378. The van der Waals surface area contributed by atoms with Crippen LogP contribution in [0, 0.1) is 0 Å². The van der Waals surface area contributed by atoms with Crippen molar-refractivity contribution in [3.8, 4) is 0 Å². The number of amides is 1. The van der Waals surface area contributed by atoms with Crippen LogP contribution in [0.1, 0.15) is 72.5 Å². The maximum Gasteiger partial charge on any atom is 0.416 e. The Morgan fingerprint density at radius 2 is 1.97 bits per heavy atom. The normalized spacial score (nSPS) is 17.1. The molecule has 2 heterocycles. The summed E-state index contributed by atoms with van der Waals surface area (Å²) in [5.41, 5.74) is 3.19. The fourth-order valence-electron chi connectivity index (χ4n) is 5.62. The molecular weight excluding hydrogens is 516 g/mol. The minimum atomic E-state index is -4.62.